The number of rotatable bonds is 4. The number of nitrogens with two attached hydrogens (primary N) is 1. The lowest BCUT2D eigenvalue weighted by atomic mass is 9.88. The summed E-state index contributed by atoms with van der Waals surface area (Å²) in [5.41, 5.74) is 11.0. The van der Waals surface area contributed by atoms with Gasteiger partial charge in [-0.15, -0.1) is 0 Å². The zero-order valence-electron chi connectivity index (χ0n) is 19.4. The van der Waals surface area contributed by atoms with Crippen LogP contribution in [0.1, 0.15) is 64.2 Å². The van der Waals surface area contributed by atoms with Gasteiger partial charge in [-0.3, -0.25) is 4.79 Å². The molecule has 3 aliphatic rings. The Morgan fingerprint density at radius 1 is 1.14 bits per heavy atom. The average molecular weight is 488 g/mol. The van der Waals surface area contributed by atoms with Gasteiger partial charge in [0.15, 0.2) is 0 Å². The predicted molar refractivity (Wildman–Crippen MR) is 126 cm³/mol. The van der Waals surface area contributed by atoms with Crippen LogP contribution in [-0.2, 0) is 5.54 Å². The maximum Gasteiger partial charge on any atom is 0.387 e. The summed E-state index contributed by atoms with van der Waals surface area (Å²) in [6.45, 7) is -2.99. The van der Waals surface area contributed by atoms with E-state index in [1.54, 1.807) is 41.0 Å². The summed E-state index contributed by atoms with van der Waals surface area (Å²) in [5, 5.41) is 4.80. The summed E-state index contributed by atoms with van der Waals surface area (Å²) in [5.74, 6) is 0.130. The molecule has 4 heterocycles. The van der Waals surface area contributed by atoms with Gasteiger partial charge in [0, 0.05) is 53.8 Å². The molecule has 10 heteroatoms. The quantitative estimate of drug-likeness (QED) is 0.466. The van der Waals surface area contributed by atoms with Gasteiger partial charge < -0.3 is 15.4 Å². The van der Waals surface area contributed by atoms with E-state index in [1.165, 1.54) is 6.07 Å². The molecular weight excluding hydrogens is 466 g/mol. The van der Waals surface area contributed by atoms with Crippen LogP contribution in [0.25, 0.3) is 16.6 Å². The van der Waals surface area contributed by atoms with E-state index >= 15 is 0 Å². The van der Waals surface area contributed by atoms with Gasteiger partial charge in [-0.25, -0.2) is 14.5 Å². The third kappa shape index (κ3) is 3.00. The summed E-state index contributed by atoms with van der Waals surface area (Å²) in [6.07, 6.45) is 7.73. The van der Waals surface area contributed by atoms with Crippen molar-refractivity contribution in [3.05, 3.63) is 77.1 Å². The molecule has 2 atom stereocenters. The molecule has 1 fully saturated rings. The number of ether oxygens (including phenoxy) is 1. The fourth-order valence-electron chi connectivity index (χ4n) is 5.63. The monoisotopic (exact) mass is 488 g/mol. The topological polar surface area (TPSA) is 98.6 Å². The lowest BCUT2D eigenvalue weighted by molar-refractivity contribution is -0.0505. The van der Waals surface area contributed by atoms with E-state index in [4.69, 9.17) is 15.6 Å². The molecule has 1 aromatic carbocycles. The van der Waals surface area contributed by atoms with Crippen molar-refractivity contribution in [1.82, 2.24) is 24.5 Å². The molecule has 2 aliphatic carbocycles. The Morgan fingerprint density at radius 2 is 1.92 bits per heavy atom. The Hall–Kier alpha value is -3.92. The van der Waals surface area contributed by atoms with Gasteiger partial charge in [-0.1, -0.05) is 6.07 Å². The number of hydrogen-bond donors (Lipinski definition) is 1. The average Bonchev–Trinajstić information content (AvgIpc) is 3.40. The van der Waals surface area contributed by atoms with Crippen LogP contribution in [0.2, 0.25) is 0 Å². The van der Waals surface area contributed by atoms with Crippen LogP contribution in [0.4, 0.5) is 8.78 Å². The van der Waals surface area contributed by atoms with Crippen LogP contribution in [0, 0.1) is 0 Å². The van der Waals surface area contributed by atoms with Crippen LogP contribution < -0.4 is 10.5 Å². The Kier molecular flexibility index (Phi) is 4.33. The van der Waals surface area contributed by atoms with Gasteiger partial charge >= 0.3 is 6.61 Å². The molecular formula is C26H22F2N6O2. The largest absolute Gasteiger partial charge is 0.434 e. The fraction of sp³-hybridized carbons (Fsp3) is 0.308. The standard InChI is InChI=1S/C26H22F2N6O2/c1-33-18-10-16(20-15(23(33)35)3-2-4-19(20)36-25(27)28)21-17-9-13(5-8-34(17)32-22(18)21)14-11-30-24(31-12-14)26(29)6-7-26/h2-5,8-9,11-12,16,18,25H,6-7,10,29H2,1H3/t16-,18-/m1/s1. The van der Waals surface area contributed by atoms with E-state index in [2.05, 4.69) is 9.97 Å². The van der Waals surface area contributed by atoms with Crippen molar-refractivity contribution in [3.8, 4) is 16.9 Å². The molecule has 4 aromatic rings. The summed E-state index contributed by atoms with van der Waals surface area (Å²) in [6, 6.07) is 8.42. The first-order valence-corrected chi connectivity index (χ1v) is 11.8. The van der Waals surface area contributed by atoms with Crippen LogP contribution in [-0.4, -0.2) is 44.0 Å². The highest BCUT2D eigenvalue weighted by atomic mass is 19.3. The van der Waals surface area contributed by atoms with Gasteiger partial charge in [0.2, 0.25) is 0 Å². The Bertz CT molecular complexity index is 1550. The highest BCUT2D eigenvalue weighted by Gasteiger charge is 2.46. The van der Waals surface area contributed by atoms with E-state index < -0.39 is 12.2 Å². The van der Waals surface area contributed by atoms with E-state index in [1.807, 2.05) is 18.3 Å². The zero-order valence-corrected chi connectivity index (χ0v) is 19.4. The normalized spacial score (nSPS) is 21.5. The molecule has 1 aliphatic heterocycles. The SMILES string of the molecule is CN1C(=O)c2cccc(OC(F)F)c2[C@H]2C[C@@H]1c1nn3ccc(-c4cnc(C5(N)CC5)nc4)cc3c12. The second kappa shape index (κ2) is 7.30. The van der Waals surface area contributed by atoms with E-state index in [-0.39, 0.29) is 23.6 Å². The maximum absolute atomic E-state index is 13.3. The number of nitrogens with zero attached hydrogens (tertiary/aromatic N) is 5. The number of amides is 1. The van der Waals surface area contributed by atoms with Crippen molar-refractivity contribution in [1.29, 1.82) is 0 Å². The molecule has 8 nitrogen and oxygen atoms in total. The van der Waals surface area contributed by atoms with E-state index in [0.29, 0.717) is 23.4 Å². The lowest BCUT2D eigenvalue weighted by Crippen LogP contribution is -2.30. The second-order valence-electron chi connectivity index (χ2n) is 9.81. The number of benzene rings is 1. The molecule has 2 N–H and O–H groups in total. The van der Waals surface area contributed by atoms with Crippen molar-refractivity contribution in [2.45, 2.75) is 43.4 Å². The minimum atomic E-state index is -2.99. The molecule has 0 spiro atoms. The Balaban J connectivity index is 1.39. The van der Waals surface area contributed by atoms with E-state index in [9.17, 15) is 13.6 Å². The molecule has 0 saturated heterocycles. The van der Waals surface area contributed by atoms with Crippen molar-refractivity contribution >= 4 is 11.4 Å². The minimum Gasteiger partial charge on any atom is -0.434 e. The van der Waals surface area contributed by atoms with Gasteiger partial charge in [-0.2, -0.15) is 13.9 Å². The molecule has 182 valence electrons. The predicted octanol–water partition coefficient (Wildman–Crippen LogP) is 4.00. The smallest absolute Gasteiger partial charge is 0.387 e. The van der Waals surface area contributed by atoms with Crippen molar-refractivity contribution < 1.29 is 18.3 Å². The molecule has 1 saturated carbocycles. The lowest BCUT2D eigenvalue weighted by Gasteiger charge is -2.23. The van der Waals surface area contributed by atoms with Gasteiger partial charge in [0.05, 0.1) is 22.8 Å². The number of fused-ring (bicyclic) bond motifs is 9. The van der Waals surface area contributed by atoms with Crippen LogP contribution in [0.15, 0.2) is 48.9 Å². The number of hydrogen-bond acceptors (Lipinski definition) is 6. The van der Waals surface area contributed by atoms with Crippen LogP contribution in [0.3, 0.4) is 0 Å². The first-order chi connectivity index (χ1) is 17.3. The summed E-state index contributed by atoms with van der Waals surface area (Å²) < 4.78 is 33.2. The number of carbonyl (C=O) groups excluding carboxylic acids is 1. The number of carbonyl (C=O) groups is 1. The number of pyridine rings is 1. The molecule has 3 aromatic heterocycles. The molecule has 36 heavy (non-hydrogen) atoms. The Morgan fingerprint density at radius 3 is 2.64 bits per heavy atom. The maximum atomic E-state index is 13.3. The third-order valence-electron chi connectivity index (χ3n) is 7.69. The molecule has 7 rings (SSSR count). The van der Waals surface area contributed by atoms with Crippen LogP contribution >= 0.6 is 0 Å². The molecule has 0 unspecified atom stereocenters. The fourth-order valence-corrected chi connectivity index (χ4v) is 5.63. The summed E-state index contributed by atoms with van der Waals surface area (Å²) >= 11 is 0. The molecule has 1 amide bonds. The van der Waals surface area contributed by atoms with E-state index in [0.717, 1.165) is 40.7 Å². The Labute approximate surface area is 204 Å². The first-order valence-electron chi connectivity index (χ1n) is 11.8. The molecule has 2 bridgehead atoms. The van der Waals surface area contributed by atoms with Crippen LogP contribution in [0.5, 0.6) is 5.75 Å². The highest BCUT2D eigenvalue weighted by Crippen LogP contribution is 2.53. The first kappa shape index (κ1) is 21.4. The van der Waals surface area contributed by atoms with Crippen molar-refractivity contribution in [2.75, 3.05) is 7.05 Å². The zero-order chi connectivity index (χ0) is 24.8. The number of halogens is 2. The van der Waals surface area contributed by atoms with Crippen molar-refractivity contribution in [2.24, 2.45) is 5.73 Å². The van der Waals surface area contributed by atoms with Gasteiger partial charge in [0.25, 0.3) is 5.91 Å². The van der Waals surface area contributed by atoms with Gasteiger partial charge in [0.1, 0.15) is 11.6 Å². The third-order valence-corrected chi connectivity index (χ3v) is 7.69. The number of alkyl halides is 2. The van der Waals surface area contributed by atoms with Gasteiger partial charge in [-0.05, 0) is 49.1 Å². The van der Waals surface area contributed by atoms with Crippen molar-refractivity contribution in [3.63, 3.8) is 0 Å². The highest BCUT2D eigenvalue weighted by molar-refractivity contribution is 5.98. The summed E-state index contributed by atoms with van der Waals surface area (Å²) in [7, 11) is 1.73. The minimum absolute atomic E-state index is 0.0260. The summed E-state index contributed by atoms with van der Waals surface area (Å²) in [4.78, 5) is 23.9. The second-order valence-corrected chi connectivity index (χ2v) is 9.81. The number of aromatic nitrogens is 4. The molecule has 0 radical (unpaired) electrons.